The number of quaternary nitrogens is 1. The van der Waals surface area contributed by atoms with Crippen LogP contribution in [0.5, 0.6) is 0 Å². The van der Waals surface area contributed by atoms with E-state index in [1.54, 1.807) is 6.26 Å². The summed E-state index contributed by atoms with van der Waals surface area (Å²) in [6, 6.07) is 0. The second-order valence-corrected chi connectivity index (χ2v) is 16.1. The lowest BCUT2D eigenvalue weighted by Gasteiger charge is -2.28. The zero-order valence-electron chi connectivity index (χ0n) is 32.2. The Hall–Kier alpha value is -0.920. The first-order chi connectivity index (χ1) is 23.1. The predicted molar refractivity (Wildman–Crippen MR) is 199 cm³/mol. The zero-order chi connectivity index (χ0) is 35.6. The number of likely N-dealkylation sites (N-methyl/N-ethyl adjacent to an activating group) is 1. The van der Waals surface area contributed by atoms with E-state index in [2.05, 4.69) is 13.8 Å². The molecule has 9 heteroatoms. The monoisotopic (exact) mass is 704 g/mol. The second kappa shape index (κ2) is 33.2. The van der Waals surface area contributed by atoms with Gasteiger partial charge >= 0.3 is 5.97 Å². The first-order valence-corrected chi connectivity index (χ1v) is 21.4. The first-order valence-electron chi connectivity index (χ1n) is 20.0. The van der Waals surface area contributed by atoms with E-state index in [1.165, 1.54) is 128 Å². The number of ether oxygens (including phenoxy) is 2. The van der Waals surface area contributed by atoms with Crippen LogP contribution in [0.3, 0.4) is 0 Å². The minimum absolute atomic E-state index is 0.0199. The van der Waals surface area contributed by atoms with Crippen LogP contribution in [0, 0.1) is 0 Å². The van der Waals surface area contributed by atoms with Crippen molar-refractivity contribution in [1.29, 1.82) is 0 Å². The summed E-state index contributed by atoms with van der Waals surface area (Å²) in [6.07, 6.45) is 34.5. The van der Waals surface area contributed by atoms with Crippen LogP contribution >= 0.6 is 7.82 Å². The molecule has 0 saturated carbocycles. The SMILES string of the molecule is CCCCCCCCCCCCCC/C=C\OC[C@H](COP(=O)([O-])OCC[N+](C)(C)C)OC(=O)CCCCCCCCCCCCCC. The third kappa shape index (κ3) is 36.4. The molecule has 2 atom stereocenters. The Balaban J connectivity index is 4.32. The van der Waals surface area contributed by atoms with Gasteiger partial charge in [0, 0.05) is 6.42 Å². The van der Waals surface area contributed by atoms with E-state index in [-0.39, 0.29) is 25.8 Å². The Bertz CT molecular complexity index is 787. The van der Waals surface area contributed by atoms with Gasteiger partial charge in [0.05, 0.1) is 34.0 Å². The number of phosphoric ester groups is 1. The molecule has 0 heterocycles. The maximum Gasteiger partial charge on any atom is 0.306 e. The van der Waals surface area contributed by atoms with Crippen molar-refractivity contribution in [3.8, 4) is 0 Å². The van der Waals surface area contributed by atoms with Gasteiger partial charge < -0.3 is 27.9 Å². The largest absolute Gasteiger partial charge is 0.756 e. The van der Waals surface area contributed by atoms with Crippen molar-refractivity contribution in [2.24, 2.45) is 0 Å². The molecule has 0 rings (SSSR count). The van der Waals surface area contributed by atoms with Gasteiger partial charge in [0.1, 0.15) is 19.8 Å². The molecule has 0 aliphatic rings. The number of allylic oxidation sites excluding steroid dienone is 1. The van der Waals surface area contributed by atoms with Crippen LogP contribution in [0.25, 0.3) is 0 Å². The van der Waals surface area contributed by atoms with Crippen LogP contribution in [0.15, 0.2) is 12.3 Å². The fraction of sp³-hybridized carbons (Fsp3) is 0.923. The van der Waals surface area contributed by atoms with Crippen LogP contribution in [-0.2, 0) is 27.9 Å². The highest BCUT2D eigenvalue weighted by Gasteiger charge is 2.20. The topological polar surface area (TPSA) is 94.1 Å². The van der Waals surface area contributed by atoms with Crippen molar-refractivity contribution in [2.75, 3.05) is 47.5 Å². The van der Waals surface area contributed by atoms with Crippen molar-refractivity contribution in [2.45, 2.75) is 187 Å². The van der Waals surface area contributed by atoms with Crippen LogP contribution in [0.1, 0.15) is 181 Å². The number of nitrogens with zero attached hydrogens (tertiary/aromatic N) is 1. The van der Waals surface area contributed by atoms with Gasteiger partial charge in [0.25, 0.3) is 7.82 Å². The highest BCUT2D eigenvalue weighted by Crippen LogP contribution is 2.38. The molecule has 0 aromatic carbocycles. The Morgan fingerprint density at radius 3 is 1.54 bits per heavy atom. The van der Waals surface area contributed by atoms with Gasteiger partial charge in [-0.15, -0.1) is 0 Å². The number of rotatable bonds is 37. The third-order valence-corrected chi connectivity index (χ3v) is 9.63. The molecular weight excluding hydrogens is 625 g/mol. The van der Waals surface area contributed by atoms with E-state index in [0.717, 1.165) is 32.1 Å². The third-order valence-electron chi connectivity index (χ3n) is 8.66. The molecule has 0 aromatic heterocycles. The second-order valence-electron chi connectivity index (χ2n) is 14.7. The summed E-state index contributed by atoms with van der Waals surface area (Å²) in [6.45, 7) is 4.74. The summed E-state index contributed by atoms with van der Waals surface area (Å²) in [5.41, 5.74) is 0. The van der Waals surface area contributed by atoms with Gasteiger partial charge in [-0.2, -0.15) is 0 Å². The smallest absolute Gasteiger partial charge is 0.306 e. The lowest BCUT2D eigenvalue weighted by molar-refractivity contribution is -0.870. The van der Waals surface area contributed by atoms with Crippen LogP contribution < -0.4 is 4.89 Å². The number of esters is 1. The lowest BCUT2D eigenvalue weighted by atomic mass is 10.0. The summed E-state index contributed by atoms with van der Waals surface area (Å²) >= 11 is 0. The molecule has 286 valence electrons. The first kappa shape index (κ1) is 47.1. The van der Waals surface area contributed by atoms with E-state index in [4.69, 9.17) is 18.5 Å². The molecule has 0 fully saturated rings. The van der Waals surface area contributed by atoms with E-state index >= 15 is 0 Å². The Labute approximate surface area is 297 Å². The number of carbonyl (C=O) groups excluding carboxylic acids is 1. The molecule has 8 nitrogen and oxygen atoms in total. The summed E-state index contributed by atoms with van der Waals surface area (Å²) in [5, 5.41) is 0. The van der Waals surface area contributed by atoms with Gasteiger partial charge in [-0.25, -0.2) is 0 Å². The van der Waals surface area contributed by atoms with Crippen LogP contribution in [0.4, 0.5) is 0 Å². The van der Waals surface area contributed by atoms with Crippen molar-refractivity contribution in [1.82, 2.24) is 0 Å². The molecule has 1 unspecified atom stereocenters. The molecule has 0 saturated heterocycles. The van der Waals surface area contributed by atoms with Crippen LogP contribution in [-0.4, -0.2) is 64.1 Å². The van der Waals surface area contributed by atoms with Crippen molar-refractivity contribution in [3.05, 3.63) is 12.3 Å². The molecule has 48 heavy (non-hydrogen) atoms. The van der Waals surface area contributed by atoms with Gasteiger partial charge in [-0.1, -0.05) is 155 Å². The lowest BCUT2D eigenvalue weighted by Crippen LogP contribution is -2.37. The Morgan fingerprint density at radius 1 is 0.646 bits per heavy atom. The fourth-order valence-electron chi connectivity index (χ4n) is 5.51. The Morgan fingerprint density at radius 2 is 1.08 bits per heavy atom. The molecule has 0 N–H and O–H groups in total. The molecule has 0 aromatic rings. The number of hydrogen-bond acceptors (Lipinski definition) is 7. The minimum Gasteiger partial charge on any atom is -0.756 e. The fourth-order valence-corrected chi connectivity index (χ4v) is 6.24. The maximum atomic E-state index is 12.6. The van der Waals surface area contributed by atoms with Crippen molar-refractivity contribution >= 4 is 13.8 Å². The molecule has 0 aliphatic carbocycles. The van der Waals surface area contributed by atoms with Gasteiger partial charge in [-0.05, 0) is 25.3 Å². The Kier molecular flexibility index (Phi) is 32.6. The summed E-state index contributed by atoms with van der Waals surface area (Å²) in [4.78, 5) is 24.9. The van der Waals surface area contributed by atoms with Gasteiger partial charge in [-0.3, -0.25) is 9.36 Å². The average Bonchev–Trinajstić information content (AvgIpc) is 3.03. The number of hydrogen-bond donors (Lipinski definition) is 0. The van der Waals surface area contributed by atoms with Gasteiger partial charge in [0.2, 0.25) is 0 Å². The average molecular weight is 704 g/mol. The number of carbonyl (C=O) groups is 1. The van der Waals surface area contributed by atoms with E-state index in [1.807, 2.05) is 27.2 Å². The molecule has 0 aliphatic heterocycles. The van der Waals surface area contributed by atoms with Crippen LogP contribution in [0.2, 0.25) is 0 Å². The molecule has 0 radical (unpaired) electrons. The van der Waals surface area contributed by atoms with E-state index < -0.39 is 13.9 Å². The summed E-state index contributed by atoms with van der Waals surface area (Å²) < 4.78 is 34.2. The van der Waals surface area contributed by atoms with Gasteiger partial charge in [0.15, 0.2) is 6.10 Å². The predicted octanol–water partition coefficient (Wildman–Crippen LogP) is 10.8. The highest BCUT2D eigenvalue weighted by molar-refractivity contribution is 7.45. The number of unbranched alkanes of at least 4 members (excludes halogenated alkanes) is 23. The quantitative estimate of drug-likeness (QED) is 0.0209. The normalized spacial score (nSPS) is 14.0. The van der Waals surface area contributed by atoms with E-state index in [0.29, 0.717) is 17.4 Å². The van der Waals surface area contributed by atoms with Crippen molar-refractivity contribution in [3.63, 3.8) is 0 Å². The number of phosphoric acid groups is 1. The minimum atomic E-state index is -4.53. The zero-order valence-corrected chi connectivity index (χ0v) is 33.1. The van der Waals surface area contributed by atoms with E-state index in [9.17, 15) is 14.3 Å². The highest BCUT2D eigenvalue weighted by atomic mass is 31.2. The van der Waals surface area contributed by atoms with Crippen molar-refractivity contribution < 1.29 is 37.3 Å². The summed E-state index contributed by atoms with van der Waals surface area (Å²) in [7, 11) is 1.33. The molecular formula is C39H78NO7P. The summed E-state index contributed by atoms with van der Waals surface area (Å²) in [5.74, 6) is -0.355. The molecule has 0 amide bonds. The standard InChI is InChI=1S/C39H78NO7P/c1-6-8-10-12-14-16-18-20-21-23-25-27-29-31-34-44-36-38(37-46-48(42,43)45-35-33-40(3,4)5)47-39(41)32-30-28-26-24-22-19-17-15-13-11-9-7-2/h31,34,38H,6-30,32-33,35-37H2,1-5H3/b34-31-/t38-/m1/s1. The molecule has 0 bridgehead atoms. The maximum absolute atomic E-state index is 12.6. The molecule has 0 spiro atoms.